The zero-order valence-electron chi connectivity index (χ0n) is 15.9. The van der Waals surface area contributed by atoms with Crippen molar-refractivity contribution in [1.82, 2.24) is 9.29 Å². The van der Waals surface area contributed by atoms with Crippen LogP contribution < -0.4 is 5.32 Å². The Morgan fingerprint density at radius 2 is 1.90 bits per heavy atom. The van der Waals surface area contributed by atoms with Crippen LogP contribution in [0.3, 0.4) is 0 Å². The van der Waals surface area contributed by atoms with Crippen molar-refractivity contribution in [2.45, 2.75) is 18.2 Å². The van der Waals surface area contributed by atoms with Crippen LogP contribution in [0.15, 0.2) is 47.4 Å². The summed E-state index contributed by atoms with van der Waals surface area (Å²) in [6.45, 7) is 3.56. The summed E-state index contributed by atoms with van der Waals surface area (Å²) >= 11 is 1.25. The van der Waals surface area contributed by atoms with E-state index >= 15 is 0 Å². The molecule has 1 amide bonds. The highest BCUT2D eigenvalue weighted by atomic mass is 32.2. The maximum Gasteiger partial charge on any atom is 0.257 e. The quantitative estimate of drug-likeness (QED) is 0.671. The van der Waals surface area contributed by atoms with Crippen molar-refractivity contribution in [2.24, 2.45) is 0 Å². The fourth-order valence-corrected chi connectivity index (χ4v) is 5.53. The Morgan fingerprint density at radius 1 is 1.17 bits per heavy atom. The van der Waals surface area contributed by atoms with Crippen LogP contribution >= 0.6 is 11.3 Å². The Balaban J connectivity index is 1.55. The number of hydrogen-bond acceptors (Lipinski definition) is 6. The lowest BCUT2D eigenvalue weighted by molar-refractivity contribution is 0.0730. The van der Waals surface area contributed by atoms with E-state index in [1.807, 2.05) is 12.1 Å². The summed E-state index contributed by atoms with van der Waals surface area (Å²) in [6.07, 6.45) is 0.912. The monoisotopic (exact) mass is 431 g/mol. The normalized spacial score (nSPS) is 15.5. The molecule has 1 aliphatic heterocycles. The van der Waals surface area contributed by atoms with Crippen LogP contribution in [0.5, 0.6) is 0 Å². The Bertz CT molecular complexity index is 1130. The van der Waals surface area contributed by atoms with Gasteiger partial charge in [-0.3, -0.25) is 10.1 Å². The smallest absolute Gasteiger partial charge is 0.257 e. The predicted molar refractivity (Wildman–Crippen MR) is 113 cm³/mol. The maximum atomic E-state index is 12.8. The fourth-order valence-electron chi connectivity index (χ4n) is 3.12. The van der Waals surface area contributed by atoms with Crippen molar-refractivity contribution in [3.8, 4) is 0 Å². The second kappa shape index (κ2) is 8.19. The van der Waals surface area contributed by atoms with Crippen molar-refractivity contribution < 1.29 is 17.9 Å². The van der Waals surface area contributed by atoms with E-state index in [2.05, 4.69) is 17.2 Å². The zero-order valence-corrected chi connectivity index (χ0v) is 17.6. The number of thiazole rings is 1. The molecule has 29 heavy (non-hydrogen) atoms. The summed E-state index contributed by atoms with van der Waals surface area (Å²) in [5, 5.41) is 3.23. The molecule has 7 nitrogen and oxygen atoms in total. The molecule has 0 saturated carbocycles. The van der Waals surface area contributed by atoms with Crippen LogP contribution in [-0.4, -0.2) is 49.9 Å². The minimum atomic E-state index is -3.57. The lowest BCUT2D eigenvalue weighted by Crippen LogP contribution is -2.40. The van der Waals surface area contributed by atoms with Gasteiger partial charge in [0.2, 0.25) is 10.0 Å². The number of amides is 1. The van der Waals surface area contributed by atoms with Crippen molar-refractivity contribution in [3.63, 3.8) is 0 Å². The molecule has 1 saturated heterocycles. The van der Waals surface area contributed by atoms with E-state index in [1.165, 1.54) is 15.6 Å². The molecule has 9 heteroatoms. The number of anilines is 1. The molecule has 0 bridgehead atoms. The number of aromatic nitrogens is 1. The van der Waals surface area contributed by atoms with Gasteiger partial charge in [0.15, 0.2) is 5.13 Å². The van der Waals surface area contributed by atoms with Crippen LogP contribution in [0.2, 0.25) is 0 Å². The van der Waals surface area contributed by atoms with E-state index in [4.69, 9.17) is 4.74 Å². The number of fused-ring (bicyclic) bond motifs is 1. The van der Waals surface area contributed by atoms with Crippen LogP contribution in [0, 0.1) is 0 Å². The third-order valence-corrected chi connectivity index (χ3v) is 7.64. The van der Waals surface area contributed by atoms with Crippen molar-refractivity contribution in [1.29, 1.82) is 0 Å². The van der Waals surface area contributed by atoms with E-state index < -0.39 is 10.0 Å². The molecular weight excluding hydrogens is 410 g/mol. The molecule has 1 N–H and O–H groups in total. The summed E-state index contributed by atoms with van der Waals surface area (Å²) < 4.78 is 33.0. The highest BCUT2D eigenvalue weighted by Crippen LogP contribution is 2.29. The number of hydrogen-bond donors (Lipinski definition) is 1. The molecule has 3 aromatic rings. The Labute approximate surface area is 173 Å². The standard InChI is InChI=1S/C20H21N3O4S2/c1-2-14-3-5-15(6-4-14)19(24)22-20-21-17-8-7-16(13-18(17)28-20)29(25,26)23-9-11-27-12-10-23/h3-8,13H,2,9-12H2,1H3,(H,21,22,24). The van der Waals surface area contributed by atoms with Crippen LogP contribution in [-0.2, 0) is 21.2 Å². The highest BCUT2D eigenvalue weighted by molar-refractivity contribution is 7.89. The van der Waals surface area contributed by atoms with Gasteiger partial charge >= 0.3 is 0 Å². The molecule has 4 rings (SSSR count). The van der Waals surface area contributed by atoms with E-state index in [0.29, 0.717) is 47.2 Å². The SMILES string of the molecule is CCc1ccc(C(=O)Nc2nc3ccc(S(=O)(=O)N4CCOCC4)cc3s2)cc1. The summed E-state index contributed by atoms with van der Waals surface area (Å²) in [5.41, 5.74) is 2.36. The minimum Gasteiger partial charge on any atom is -0.379 e. The molecule has 2 heterocycles. The van der Waals surface area contributed by atoms with Gasteiger partial charge in [0, 0.05) is 18.7 Å². The van der Waals surface area contributed by atoms with Crippen molar-refractivity contribution in [2.75, 3.05) is 31.6 Å². The lowest BCUT2D eigenvalue weighted by Gasteiger charge is -2.25. The molecule has 2 aromatic carbocycles. The van der Waals surface area contributed by atoms with E-state index in [-0.39, 0.29) is 10.8 Å². The van der Waals surface area contributed by atoms with E-state index in [0.717, 1.165) is 12.0 Å². The molecule has 1 aliphatic rings. The minimum absolute atomic E-state index is 0.226. The van der Waals surface area contributed by atoms with Crippen molar-refractivity contribution in [3.05, 3.63) is 53.6 Å². The van der Waals surface area contributed by atoms with Gasteiger partial charge < -0.3 is 4.74 Å². The number of nitrogens with zero attached hydrogens (tertiary/aromatic N) is 2. The Kier molecular flexibility index (Phi) is 5.64. The van der Waals surface area contributed by atoms with Gasteiger partial charge in [-0.25, -0.2) is 13.4 Å². The number of rotatable bonds is 5. The first-order valence-electron chi connectivity index (χ1n) is 9.36. The van der Waals surface area contributed by atoms with Gasteiger partial charge in [-0.05, 0) is 42.3 Å². The van der Waals surface area contributed by atoms with Gasteiger partial charge in [0.1, 0.15) is 0 Å². The Hall–Kier alpha value is -2.33. The molecular formula is C20H21N3O4S2. The maximum absolute atomic E-state index is 12.8. The third-order valence-electron chi connectivity index (χ3n) is 4.81. The second-order valence-corrected chi connectivity index (χ2v) is 9.64. The van der Waals surface area contributed by atoms with Gasteiger partial charge in [-0.1, -0.05) is 30.4 Å². The number of carbonyl (C=O) groups is 1. The first kappa shape index (κ1) is 20.0. The predicted octanol–water partition coefficient (Wildman–Crippen LogP) is 3.13. The van der Waals surface area contributed by atoms with Gasteiger partial charge in [0.05, 0.1) is 28.3 Å². The van der Waals surface area contributed by atoms with Gasteiger partial charge in [-0.15, -0.1) is 0 Å². The van der Waals surface area contributed by atoms with Crippen molar-refractivity contribution >= 4 is 42.6 Å². The van der Waals surface area contributed by atoms with E-state index in [9.17, 15) is 13.2 Å². The number of aryl methyl sites for hydroxylation is 1. The fraction of sp³-hybridized carbons (Fsp3) is 0.300. The molecule has 0 atom stereocenters. The summed E-state index contributed by atoms with van der Waals surface area (Å²) in [6, 6.07) is 12.3. The molecule has 0 radical (unpaired) electrons. The van der Waals surface area contributed by atoms with Crippen LogP contribution in [0.25, 0.3) is 10.2 Å². The number of morpholine rings is 1. The highest BCUT2D eigenvalue weighted by Gasteiger charge is 2.26. The van der Waals surface area contributed by atoms with Gasteiger partial charge in [0.25, 0.3) is 5.91 Å². The molecule has 152 valence electrons. The van der Waals surface area contributed by atoms with Crippen LogP contribution in [0.1, 0.15) is 22.8 Å². The summed E-state index contributed by atoms with van der Waals surface area (Å²) in [7, 11) is -3.57. The lowest BCUT2D eigenvalue weighted by atomic mass is 10.1. The molecule has 0 unspecified atom stereocenters. The number of benzene rings is 2. The van der Waals surface area contributed by atoms with E-state index in [1.54, 1.807) is 30.3 Å². The number of ether oxygens (including phenoxy) is 1. The summed E-state index contributed by atoms with van der Waals surface area (Å²) in [5.74, 6) is -0.243. The summed E-state index contributed by atoms with van der Waals surface area (Å²) in [4.78, 5) is 17.1. The molecule has 1 fully saturated rings. The third kappa shape index (κ3) is 4.18. The molecule has 1 aromatic heterocycles. The van der Waals surface area contributed by atoms with Crippen LogP contribution in [0.4, 0.5) is 5.13 Å². The second-order valence-electron chi connectivity index (χ2n) is 6.67. The first-order valence-corrected chi connectivity index (χ1v) is 11.6. The number of carbonyl (C=O) groups excluding carboxylic acids is 1. The molecule has 0 spiro atoms. The zero-order chi connectivity index (χ0) is 20.4. The van der Waals surface area contributed by atoms with Gasteiger partial charge in [-0.2, -0.15) is 4.31 Å². The number of sulfonamides is 1. The molecule has 0 aliphatic carbocycles. The number of nitrogens with one attached hydrogen (secondary N) is 1. The average molecular weight is 432 g/mol. The average Bonchev–Trinajstić information content (AvgIpc) is 3.15. The largest absolute Gasteiger partial charge is 0.379 e. The first-order chi connectivity index (χ1) is 14.0. The topological polar surface area (TPSA) is 88.6 Å². The Morgan fingerprint density at radius 3 is 2.59 bits per heavy atom.